The van der Waals surface area contributed by atoms with E-state index in [4.69, 9.17) is 4.74 Å². The molecule has 108 valence electrons. The quantitative estimate of drug-likeness (QED) is 0.418. The molecule has 0 aliphatic carbocycles. The topological polar surface area (TPSA) is 26.3 Å². The number of carbonyl (C=O) groups excluding carboxylic acids is 1. The van der Waals surface area contributed by atoms with Gasteiger partial charge in [-0.2, -0.15) is 0 Å². The lowest BCUT2D eigenvalue weighted by Crippen LogP contribution is -2.21. The summed E-state index contributed by atoms with van der Waals surface area (Å²) in [6, 6.07) is 0. The summed E-state index contributed by atoms with van der Waals surface area (Å²) in [4.78, 5) is 11.8. The van der Waals surface area contributed by atoms with Gasteiger partial charge in [0.05, 0.1) is 6.61 Å². The smallest absolute Gasteiger partial charge is 0.319 e. The van der Waals surface area contributed by atoms with Crippen LogP contribution in [-0.2, 0) is 9.53 Å². The van der Waals surface area contributed by atoms with Crippen molar-refractivity contribution in [3.05, 3.63) is 0 Å². The molecule has 0 saturated heterocycles. The largest absolute Gasteiger partial charge is 0.465 e. The van der Waals surface area contributed by atoms with Crippen LogP contribution in [0.5, 0.6) is 0 Å². The van der Waals surface area contributed by atoms with Gasteiger partial charge in [-0.25, -0.2) is 8.78 Å². The molecule has 0 rings (SSSR count). The van der Waals surface area contributed by atoms with E-state index in [0.717, 1.165) is 32.1 Å². The van der Waals surface area contributed by atoms with E-state index in [-0.39, 0.29) is 17.6 Å². The first-order valence-corrected chi connectivity index (χ1v) is 7.73. The second kappa shape index (κ2) is 11.8. The highest BCUT2D eigenvalue weighted by atomic mass is 32.2. The molecule has 5 heteroatoms. The lowest BCUT2D eigenvalue weighted by molar-refractivity contribution is -0.143. The molecule has 0 aliphatic heterocycles. The van der Waals surface area contributed by atoms with Gasteiger partial charge in [-0.15, -0.1) is 11.8 Å². The van der Waals surface area contributed by atoms with Crippen molar-refractivity contribution in [3.63, 3.8) is 0 Å². The number of unbranched alkanes of at least 4 members (excludes halogenated alkanes) is 2. The van der Waals surface area contributed by atoms with Crippen molar-refractivity contribution in [1.82, 2.24) is 0 Å². The molecule has 2 nitrogen and oxygen atoms in total. The lowest BCUT2D eigenvalue weighted by atomic mass is 10.2. The summed E-state index contributed by atoms with van der Waals surface area (Å²) >= 11 is 1.30. The third-order valence-electron chi connectivity index (χ3n) is 2.48. The molecule has 0 bridgehead atoms. The fourth-order valence-corrected chi connectivity index (χ4v) is 2.50. The predicted molar refractivity (Wildman–Crippen MR) is 72.3 cm³/mol. The van der Waals surface area contributed by atoms with E-state index in [2.05, 4.69) is 0 Å². The zero-order valence-corrected chi connectivity index (χ0v) is 12.1. The van der Waals surface area contributed by atoms with Gasteiger partial charge in [0.2, 0.25) is 6.43 Å². The van der Waals surface area contributed by atoms with E-state index in [1.54, 1.807) is 0 Å². The minimum absolute atomic E-state index is 0.157. The van der Waals surface area contributed by atoms with Crippen LogP contribution in [-0.4, -0.2) is 30.0 Å². The zero-order valence-electron chi connectivity index (χ0n) is 11.3. The van der Waals surface area contributed by atoms with Gasteiger partial charge in [0.1, 0.15) is 5.25 Å². The van der Waals surface area contributed by atoms with E-state index in [9.17, 15) is 13.6 Å². The predicted octanol–water partition coefficient (Wildman–Crippen LogP) is 4.28. The number of ether oxygens (including phenoxy) is 1. The van der Waals surface area contributed by atoms with Crippen molar-refractivity contribution in [1.29, 1.82) is 0 Å². The number of carbonyl (C=O) groups is 1. The molecule has 0 fully saturated rings. The van der Waals surface area contributed by atoms with Gasteiger partial charge in [0.25, 0.3) is 0 Å². The molecular weight excluding hydrogens is 258 g/mol. The molecule has 0 heterocycles. The summed E-state index contributed by atoms with van der Waals surface area (Å²) in [6.45, 7) is 4.51. The molecular formula is C13H24F2O2S. The van der Waals surface area contributed by atoms with Gasteiger partial charge < -0.3 is 4.74 Å². The fourth-order valence-electron chi connectivity index (χ4n) is 1.37. The third kappa shape index (κ3) is 9.68. The van der Waals surface area contributed by atoms with Gasteiger partial charge in [-0.05, 0) is 18.6 Å². The number of hydrogen-bond acceptors (Lipinski definition) is 3. The van der Waals surface area contributed by atoms with Gasteiger partial charge in [-0.3, -0.25) is 4.79 Å². The van der Waals surface area contributed by atoms with Crippen molar-refractivity contribution in [2.75, 3.05) is 12.4 Å². The van der Waals surface area contributed by atoms with Crippen molar-refractivity contribution in [2.24, 2.45) is 0 Å². The summed E-state index contributed by atoms with van der Waals surface area (Å²) in [5, 5.41) is -0.277. The maximum Gasteiger partial charge on any atom is 0.319 e. The highest BCUT2D eigenvalue weighted by Gasteiger charge is 2.20. The standard InChI is InChI=1S/C13H24F2O2S/c1-3-5-7-11(18-10-8-12(14)15)13(16)17-9-6-4-2/h11-12H,3-10H2,1-2H3. The molecule has 0 aliphatic rings. The number of alkyl halides is 2. The van der Waals surface area contributed by atoms with Crippen LogP contribution in [0.1, 0.15) is 52.4 Å². The van der Waals surface area contributed by atoms with E-state index < -0.39 is 6.43 Å². The average molecular weight is 282 g/mol. The number of esters is 1. The zero-order chi connectivity index (χ0) is 13.8. The Kier molecular flexibility index (Phi) is 11.5. The van der Waals surface area contributed by atoms with Gasteiger partial charge >= 0.3 is 5.97 Å². The average Bonchev–Trinajstić information content (AvgIpc) is 2.33. The Morgan fingerprint density at radius 1 is 1.17 bits per heavy atom. The Morgan fingerprint density at radius 3 is 2.39 bits per heavy atom. The third-order valence-corrected chi connectivity index (χ3v) is 3.78. The Morgan fingerprint density at radius 2 is 1.83 bits per heavy atom. The SMILES string of the molecule is CCCCOC(=O)C(CCCC)SCCC(F)F. The molecule has 0 spiro atoms. The maximum atomic E-state index is 12.1. The van der Waals surface area contributed by atoms with Gasteiger partial charge in [0.15, 0.2) is 0 Å². The van der Waals surface area contributed by atoms with E-state index >= 15 is 0 Å². The Bertz CT molecular complexity index is 213. The molecule has 0 aromatic heterocycles. The van der Waals surface area contributed by atoms with E-state index in [0.29, 0.717) is 12.4 Å². The normalized spacial score (nSPS) is 12.7. The van der Waals surface area contributed by atoms with Crippen molar-refractivity contribution in [2.45, 2.75) is 64.0 Å². The van der Waals surface area contributed by atoms with Gasteiger partial charge in [-0.1, -0.05) is 33.1 Å². The lowest BCUT2D eigenvalue weighted by Gasteiger charge is -2.15. The van der Waals surface area contributed by atoms with Crippen LogP contribution in [0.3, 0.4) is 0 Å². The minimum atomic E-state index is -2.29. The number of rotatable bonds is 11. The summed E-state index contributed by atoms with van der Waals surface area (Å²) < 4.78 is 29.3. The highest BCUT2D eigenvalue weighted by Crippen LogP contribution is 2.21. The molecule has 18 heavy (non-hydrogen) atoms. The van der Waals surface area contributed by atoms with Crippen molar-refractivity contribution < 1.29 is 18.3 Å². The van der Waals surface area contributed by atoms with Crippen LogP contribution >= 0.6 is 11.8 Å². The first kappa shape index (κ1) is 17.7. The van der Waals surface area contributed by atoms with Crippen LogP contribution in [0.25, 0.3) is 0 Å². The van der Waals surface area contributed by atoms with Crippen LogP contribution in [0, 0.1) is 0 Å². The molecule has 0 saturated carbocycles. The van der Waals surface area contributed by atoms with Crippen LogP contribution in [0.4, 0.5) is 8.78 Å². The molecule has 0 N–H and O–H groups in total. The number of halogens is 2. The fraction of sp³-hybridized carbons (Fsp3) is 0.923. The van der Waals surface area contributed by atoms with Crippen LogP contribution < -0.4 is 0 Å². The van der Waals surface area contributed by atoms with Crippen LogP contribution in [0.2, 0.25) is 0 Å². The maximum absolute atomic E-state index is 12.1. The Labute approximate surface area is 113 Å². The molecule has 0 radical (unpaired) electrons. The van der Waals surface area contributed by atoms with Crippen molar-refractivity contribution >= 4 is 17.7 Å². The summed E-state index contributed by atoms with van der Waals surface area (Å²) in [7, 11) is 0. The molecule has 0 aromatic carbocycles. The molecule has 0 amide bonds. The monoisotopic (exact) mass is 282 g/mol. The van der Waals surface area contributed by atoms with Gasteiger partial charge in [0, 0.05) is 6.42 Å². The number of thioether (sulfide) groups is 1. The Hall–Kier alpha value is -0.320. The van der Waals surface area contributed by atoms with E-state index in [1.807, 2.05) is 13.8 Å². The first-order valence-electron chi connectivity index (χ1n) is 6.68. The van der Waals surface area contributed by atoms with E-state index in [1.165, 1.54) is 11.8 Å². The number of hydrogen-bond donors (Lipinski definition) is 0. The Balaban J connectivity index is 3.98. The summed E-state index contributed by atoms with van der Waals surface area (Å²) in [5.41, 5.74) is 0. The molecule has 0 aromatic rings. The second-order valence-corrected chi connectivity index (χ2v) is 5.51. The summed E-state index contributed by atoms with van der Waals surface area (Å²) in [5.74, 6) is 0.0747. The minimum Gasteiger partial charge on any atom is -0.465 e. The first-order chi connectivity index (χ1) is 8.61. The molecule has 1 unspecified atom stereocenters. The second-order valence-electron chi connectivity index (χ2n) is 4.20. The van der Waals surface area contributed by atoms with Crippen molar-refractivity contribution in [3.8, 4) is 0 Å². The molecule has 1 atom stereocenters. The summed E-state index contributed by atoms with van der Waals surface area (Å²) in [6.07, 6.45) is 2.02. The highest BCUT2D eigenvalue weighted by molar-refractivity contribution is 8.00. The van der Waals surface area contributed by atoms with Crippen LogP contribution in [0.15, 0.2) is 0 Å².